The van der Waals surface area contributed by atoms with E-state index in [0.717, 1.165) is 35.1 Å². The highest BCUT2D eigenvalue weighted by molar-refractivity contribution is 5.77. The van der Waals surface area contributed by atoms with Gasteiger partial charge in [0.05, 0.1) is 18.1 Å². The smallest absolute Gasteiger partial charge is 0.278 e. The number of nitriles is 1. The van der Waals surface area contributed by atoms with Crippen LogP contribution >= 0.6 is 0 Å². The first-order chi connectivity index (χ1) is 14.5. The minimum absolute atomic E-state index is 0.0695. The lowest BCUT2D eigenvalue weighted by Gasteiger charge is -2.20. The van der Waals surface area contributed by atoms with Gasteiger partial charge in [0.1, 0.15) is 12.3 Å². The van der Waals surface area contributed by atoms with Crippen LogP contribution in [0.25, 0.3) is 11.1 Å². The summed E-state index contributed by atoms with van der Waals surface area (Å²) in [6.07, 6.45) is 1.66. The Morgan fingerprint density at radius 2 is 1.70 bits per heavy atom. The Kier molecular flexibility index (Phi) is 6.68. The lowest BCUT2D eigenvalue weighted by molar-refractivity contribution is 0.300. The summed E-state index contributed by atoms with van der Waals surface area (Å²) >= 11 is 0. The van der Waals surface area contributed by atoms with E-state index >= 15 is 0 Å². The molecule has 30 heavy (non-hydrogen) atoms. The van der Waals surface area contributed by atoms with Crippen LogP contribution in [0.15, 0.2) is 47.3 Å². The Morgan fingerprint density at radius 1 is 1.07 bits per heavy atom. The van der Waals surface area contributed by atoms with Gasteiger partial charge in [-0.3, -0.25) is 4.79 Å². The molecule has 0 aliphatic rings. The normalized spacial score (nSPS) is 10.6. The van der Waals surface area contributed by atoms with Crippen LogP contribution in [-0.2, 0) is 32.9 Å². The van der Waals surface area contributed by atoms with Crippen molar-refractivity contribution in [2.24, 2.45) is 7.05 Å². The summed E-state index contributed by atoms with van der Waals surface area (Å²) in [5.41, 5.74) is 6.04. The standard InChI is InChI=1S/C25H27N3O2/c1-5-19-14-17(3)15-20(6-2)22(19)23-24(30-16-18-10-8-7-9-11-18)21(12-13-26)27-28(4)25(23)29/h7-11,14-15H,5-6,12,16H2,1-4H3. The fourth-order valence-electron chi connectivity index (χ4n) is 3.79. The fraction of sp³-hybridized carbons (Fsp3) is 0.320. The largest absolute Gasteiger partial charge is 0.486 e. The van der Waals surface area contributed by atoms with E-state index in [4.69, 9.17) is 4.74 Å². The van der Waals surface area contributed by atoms with E-state index in [1.165, 1.54) is 10.2 Å². The van der Waals surface area contributed by atoms with Gasteiger partial charge >= 0.3 is 0 Å². The molecule has 0 aliphatic heterocycles. The van der Waals surface area contributed by atoms with Gasteiger partial charge in [-0.05, 0) is 42.0 Å². The summed E-state index contributed by atoms with van der Waals surface area (Å²) < 4.78 is 7.52. The van der Waals surface area contributed by atoms with Gasteiger partial charge < -0.3 is 4.74 Å². The van der Waals surface area contributed by atoms with Crippen LogP contribution in [0.4, 0.5) is 0 Å². The van der Waals surface area contributed by atoms with Gasteiger partial charge in [0.25, 0.3) is 5.56 Å². The third-order valence-corrected chi connectivity index (χ3v) is 5.20. The zero-order chi connectivity index (χ0) is 21.7. The fourth-order valence-corrected chi connectivity index (χ4v) is 3.79. The molecule has 2 aromatic carbocycles. The Balaban J connectivity index is 2.28. The molecule has 5 nitrogen and oxygen atoms in total. The minimum Gasteiger partial charge on any atom is -0.486 e. The van der Waals surface area contributed by atoms with E-state index in [-0.39, 0.29) is 12.0 Å². The molecule has 0 atom stereocenters. The first kappa shape index (κ1) is 21.3. The van der Waals surface area contributed by atoms with Gasteiger partial charge in [-0.15, -0.1) is 0 Å². The molecule has 0 bridgehead atoms. The molecule has 0 unspecified atom stereocenters. The van der Waals surface area contributed by atoms with Crippen molar-refractivity contribution in [3.63, 3.8) is 0 Å². The maximum atomic E-state index is 13.3. The van der Waals surface area contributed by atoms with Crippen molar-refractivity contribution in [3.05, 3.63) is 80.8 Å². The number of aryl methyl sites for hydroxylation is 4. The number of benzene rings is 2. The molecule has 1 aromatic heterocycles. The van der Waals surface area contributed by atoms with Crippen molar-refractivity contribution < 1.29 is 4.74 Å². The van der Waals surface area contributed by atoms with Gasteiger partial charge in [-0.2, -0.15) is 10.4 Å². The van der Waals surface area contributed by atoms with Crippen LogP contribution < -0.4 is 10.3 Å². The van der Waals surface area contributed by atoms with Crippen LogP contribution in [0.3, 0.4) is 0 Å². The molecule has 0 amide bonds. The van der Waals surface area contributed by atoms with E-state index in [9.17, 15) is 10.1 Å². The molecule has 3 rings (SSSR count). The number of nitrogens with zero attached hydrogens (tertiary/aromatic N) is 3. The van der Waals surface area contributed by atoms with Crippen molar-refractivity contribution in [1.29, 1.82) is 5.26 Å². The zero-order valence-corrected chi connectivity index (χ0v) is 18.0. The van der Waals surface area contributed by atoms with Crippen molar-refractivity contribution in [1.82, 2.24) is 9.78 Å². The second kappa shape index (κ2) is 9.41. The summed E-state index contributed by atoms with van der Waals surface area (Å²) in [6.45, 7) is 6.55. The quantitative estimate of drug-likeness (QED) is 0.583. The molecule has 154 valence electrons. The monoisotopic (exact) mass is 401 g/mol. The van der Waals surface area contributed by atoms with Gasteiger partial charge in [0, 0.05) is 7.05 Å². The Hall–Kier alpha value is -3.39. The molecule has 0 saturated heterocycles. The lowest BCUT2D eigenvalue weighted by Crippen LogP contribution is -2.25. The second-order valence-corrected chi connectivity index (χ2v) is 7.35. The van der Waals surface area contributed by atoms with E-state index in [0.29, 0.717) is 23.6 Å². The number of hydrogen-bond acceptors (Lipinski definition) is 4. The molecule has 5 heteroatoms. The molecular weight excluding hydrogens is 374 g/mol. The molecule has 0 saturated carbocycles. The number of hydrogen-bond donors (Lipinski definition) is 0. The predicted molar refractivity (Wildman–Crippen MR) is 118 cm³/mol. The third kappa shape index (κ3) is 4.28. The third-order valence-electron chi connectivity index (χ3n) is 5.20. The average Bonchev–Trinajstić information content (AvgIpc) is 2.75. The number of ether oxygens (including phenoxy) is 1. The highest BCUT2D eigenvalue weighted by Gasteiger charge is 2.23. The molecule has 0 spiro atoms. The van der Waals surface area contributed by atoms with Gasteiger partial charge in [0.15, 0.2) is 5.75 Å². The summed E-state index contributed by atoms with van der Waals surface area (Å²) in [5.74, 6) is 0.414. The Morgan fingerprint density at radius 3 is 2.27 bits per heavy atom. The van der Waals surface area contributed by atoms with Crippen LogP contribution in [0.5, 0.6) is 5.75 Å². The molecule has 1 heterocycles. The predicted octanol–water partition coefficient (Wildman–Crippen LogP) is 4.53. The van der Waals surface area contributed by atoms with Crippen molar-refractivity contribution in [2.75, 3.05) is 0 Å². The topological polar surface area (TPSA) is 67.9 Å². The SMILES string of the molecule is CCc1cc(C)cc(CC)c1-c1c(OCc2ccccc2)c(CC#N)nn(C)c1=O. The van der Waals surface area contributed by atoms with Crippen molar-refractivity contribution >= 4 is 0 Å². The molecule has 0 aliphatic carbocycles. The van der Waals surface area contributed by atoms with Crippen LogP contribution in [0.2, 0.25) is 0 Å². The highest BCUT2D eigenvalue weighted by atomic mass is 16.5. The van der Waals surface area contributed by atoms with Crippen molar-refractivity contribution in [3.8, 4) is 22.9 Å². The molecule has 0 radical (unpaired) electrons. The Labute approximate surface area is 177 Å². The summed E-state index contributed by atoms with van der Waals surface area (Å²) in [6, 6.07) is 16.2. The number of rotatable bonds is 7. The van der Waals surface area contributed by atoms with Gasteiger partial charge in [0.2, 0.25) is 0 Å². The first-order valence-corrected chi connectivity index (χ1v) is 10.3. The van der Waals surface area contributed by atoms with E-state index in [1.807, 2.05) is 30.3 Å². The molecular formula is C25H27N3O2. The second-order valence-electron chi connectivity index (χ2n) is 7.35. The van der Waals surface area contributed by atoms with Gasteiger partial charge in [-0.25, -0.2) is 4.68 Å². The molecule has 3 aromatic rings. The van der Waals surface area contributed by atoms with E-state index < -0.39 is 0 Å². The van der Waals surface area contributed by atoms with Crippen molar-refractivity contribution in [2.45, 2.75) is 46.6 Å². The average molecular weight is 402 g/mol. The molecule has 0 N–H and O–H groups in total. The zero-order valence-electron chi connectivity index (χ0n) is 18.0. The van der Waals surface area contributed by atoms with E-state index in [2.05, 4.69) is 44.1 Å². The lowest BCUT2D eigenvalue weighted by atomic mass is 9.90. The van der Waals surface area contributed by atoms with Crippen LogP contribution in [0, 0.1) is 18.3 Å². The van der Waals surface area contributed by atoms with Crippen LogP contribution in [-0.4, -0.2) is 9.78 Å². The maximum Gasteiger partial charge on any atom is 0.278 e. The molecule has 0 fully saturated rings. The maximum absolute atomic E-state index is 13.3. The summed E-state index contributed by atoms with van der Waals surface area (Å²) in [5, 5.41) is 13.7. The number of aromatic nitrogens is 2. The first-order valence-electron chi connectivity index (χ1n) is 10.3. The Bertz CT molecular complexity index is 1120. The van der Waals surface area contributed by atoms with E-state index in [1.54, 1.807) is 7.05 Å². The van der Waals surface area contributed by atoms with Crippen LogP contribution in [0.1, 0.15) is 41.8 Å². The summed E-state index contributed by atoms with van der Waals surface area (Å²) in [7, 11) is 1.62. The minimum atomic E-state index is -0.215. The summed E-state index contributed by atoms with van der Waals surface area (Å²) in [4.78, 5) is 13.3. The highest BCUT2D eigenvalue weighted by Crippen LogP contribution is 2.36. The van der Waals surface area contributed by atoms with Gasteiger partial charge in [-0.1, -0.05) is 61.9 Å².